The van der Waals surface area contributed by atoms with Crippen LogP contribution in [0.3, 0.4) is 0 Å². The van der Waals surface area contributed by atoms with Gasteiger partial charge in [0.2, 0.25) is 5.91 Å². The molecule has 2 rings (SSSR count). The Kier molecular flexibility index (Phi) is 13.4. The van der Waals surface area contributed by atoms with Crippen molar-refractivity contribution in [2.75, 3.05) is 73.2 Å². The van der Waals surface area contributed by atoms with E-state index >= 15 is 0 Å². The second-order valence-electron chi connectivity index (χ2n) is 7.09. The molecule has 0 saturated carbocycles. The standard InChI is InChI=1S/C21H35N5O3.HI/c1-4-29-19-7-5-6-18(16-19)8-9-22-21(24-17-20(27)25(2)3)23-10-11-26-12-14-28-15-13-26;/h5-7,16H,4,8-15,17H2,1-3H3,(H2,22,23,24);1H. The van der Waals surface area contributed by atoms with Crippen LogP contribution in [-0.2, 0) is 16.0 Å². The van der Waals surface area contributed by atoms with Crippen LogP contribution in [0.4, 0.5) is 0 Å². The normalized spacial score (nSPS) is 14.6. The molecule has 1 heterocycles. The first-order valence-electron chi connectivity index (χ1n) is 10.3. The van der Waals surface area contributed by atoms with E-state index in [2.05, 4.69) is 32.7 Å². The van der Waals surface area contributed by atoms with Gasteiger partial charge in [-0.25, -0.2) is 4.99 Å². The summed E-state index contributed by atoms with van der Waals surface area (Å²) in [5, 5.41) is 6.68. The number of rotatable bonds is 10. The molecule has 1 fully saturated rings. The van der Waals surface area contributed by atoms with Gasteiger partial charge < -0.3 is 25.0 Å². The summed E-state index contributed by atoms with van der Waals surface area (Å²) in [5.41, 5.74) is 1.19. The van der Waals surface area contributed by atoms with Crippen LogP contribution >= 0.6 is 24.0 Å². The van der Waals surface area contributed by atoms with Crippen molar-refractivity contribution in [3.63, 3.8) is 0 Å². The molecule has 1 aromatic carbocycles. The predicted molar refractivity (Wildman–Crippen MR) is 131 cm³/mol. The molecule has 0 aromatic heterocycles. The highest BCUT2D eigenvalue weighted by Gasteiger charge is 2.10. The molecule has 0 unspecified atom stereocenters. The monoisotopic (exact) mass is 533 g/mol. The van der Waals surface area contributed by atoms with Gasteiger partial charge in [-0.1, -0.05) is 12.1 Å². The quantitative estimate of drug-likeness (QED) is 0.268. The molecule has 9 heteroatoms. The fourth-order valence-corrected chi connectivity index (χ4v) is 2.90. The third-order valence-corrected chi connectivity index (χ3v) is 4.61. The Balaban J connectivity index is 0.00000450. The number of nitrogens with one attached hydrogen (secondary N) is 2. The zero-order chi connectivity index (χ0) is 20.9. The number of ether oxygens (including phenoxy) is 2. The van der Waals surface area contributed by atoms with Gasteiger partial charge in [0.1, 0.15) is 12.3 Å². The van der Waals surface area contributed by atoms with Crippen LogP contribution in [0.5, 0.6) is 5.75 Å². The van der Waals surface area contributed by atoms with Crippen LogP contribution < -0.4 is 15.4 Å². The highest BCUT2D eigenvalue weighted by molar-refractivity contribution is 14.0. The lowest BCUT2D eigenvalue weighted by molar-refractivity contribution is -0.127. The van der Waals surface area contributed by atoms with Gasteiger partial charge in [-0.2, -0.15) is 0 Å². The molecule has 0 radical (unpaired) electrons. The van der Waals surface area contributed by atoms with Gasteiger partial charge in [-0.15, -0.1) is 24.0 Å². The minimum atomic E-state index is -0.0244. The molecule has 2 N–H and O–H groups in total. The Labute approximate surface area is 197 Å². The van der Waals surface area contributed by atoms with Crippen molar-refractivity contribution < 1.29 is 14.3 Å². The number of aliphatic imine (C=N–C) groups is 1. The van der Waals surface area contributed by atoms with Crippen LogP contribution in [0.25, 0.3) is 0 Å². The molecule has 170 valence electrons. The fourth-order valence-electron chi connectivity index (χ4n) is 2.90. The Bertz CT molecular complexity index is 651. The van der Waals surface area contributed by atoms with Crippen LogP contribution in [-0.4, -0.2) is 94.9 Å². The van der Waals surface area contributed by atoms with Crippen molar-refractivity contribution in [2.45, 2.75) is 13.3 Å². The van der Waals surface area contributed by atoms with Crippen LogP contribution in [0.1, 0.15) is 12.5 Å². The highest BCUT2D eigenvalue weighted by Crippen LogP contribution is 2.13. The Morgan fingerprint density at radius 1 is 1.23 bits per heavy atom. The minimum Gasteiger partial charge on any atom is -0.494 e. The first kappa shape index (κ1) is 26.4. The topological polar surface area (TPSA) is 78.4 Å². The lowest BCUT2D eigenvalue weighted by Crippen LogP contribution is -2.45. The number of carbonyl (C=O) groups excluding carboxylic acids is 1. The Hall–Kier alpha value is -1.59. The van der Waals surface area contributed by atoms with Gasteiger partial charge in [-0.3, -0.25) is 9.69 Å². The molecule has 0 aliphatic carbocycles. The lowest BCUT2D eigenvalue weighted by atomic mass is 10.1. The average molecular weight is 533 g/mol. The summed E-state index contributed by atoms with van der Waals surface area (Å²) in [5.74, 6) is 1.53. The molecule has 0 bridgehead atoms. The molecule has 1 aliphatic rings. The maximum absolute atomic E-state index is 11.9. The highest BCUT2D eigenvalue weighted by atomic mass is 127. The Morgan fingerprint density at radius 3 is 2.67 bits per heavy atom. The summed E-state index contributed by atoms with van der Waals surface area (Å²) >= 11 is 0. The number of likely N-dealkylation sites (N-methyl/N-ethyl adjacent to an activating group) is 1. The van der Waals surface area contributed by atoms with Gasteiger partial charge in [0.25, 0.3) is 0 Å². The van der Waals surface area contributed by atoms with Gasteiger partial charge in [-0.05, 0) is 31.0 Å². The minimum absolute atomic E-state index is 0. The van der Waals surface area contributed by atoms with Crippen molar-refractivity contribution in [3.05, 3.63) is 29.8 Å². The van der Waals surface area contributed by atoms with Gasteiger partial charge in [0.05, 0.1) is 19.8 Å². The smallest absolute Gasteiger partial charge is 0.243 e. The maximum atomic E-state index is 11.9. The van der Waals surface area contributed by atoms with E-state index in [0.29, 0.717) is 12.6 Å². The first-order valence-corrected chi connectivity index (χ1v) is 10.3. The third-order valence-electron chi connectivity index (χ3n) is 4.61. The number of morpholine rings is 1. The van der Waals surface area contributed by atoms with Gasteiger partial charge in [0, 0.05) is 46.8 Å². The van der Waals surface area contributed by atoms with Crippen molar-refractivity contribution >= 4 is 35.8 Å². The number of carbonyl (C=O) groups is 1. The van der Waals surface area contributed by atoms with E-state index in [1.807, 2.05) is 19.1 Å². The molecule has 8 nitrogen and oxygen atoms in total. The Morgan fingerprint density at radius 2 is 1.97 bits per heavy atom. The summed E-state index contributed by atoms with van der Waals surface area (Å²) in [6.07, 6.45) is 0.840. The summed E-state index contributed by atoms with van der Waals surface area (Å²) in [7, 11) is 3.48. The summed E-state index contributed by atoms with van der Waals surface area (Å²) < 4.78 is 10.9. The molecule has 0 spiro atoms. The van der Waals surface area contributed by atoms with Crippen molar-refractivity contribution in [1.82, 2.24) is 20.4 Å². The van der Waals surface area contributed by atoms with E-state index < -0.39 is 0 Å². The SMILES string of the molecule is CCOc1cccc(CCNC(=NCC(=O)N(C)C)NCCN2CCOCC2)c1.I. The van der Waals surface area contributed by atoms with Gasteiger partial charge in [0.15, 0.2) is 5.96 Å². The maximum Gasteiger partial charge on any atom is 0.243 e. The predicted octanol–water partition coefficient (Wildman–Crippen LogP) is 1.20. The van der Waals surface area contributed by atoms with E-state index in [1.54, 1.807) is 19.0 Å². The van der Waals surface area contributed by atoms with Crippen molar-refractivity contribution in [3.8, 4) is 5.75 Å². The molecule has 0 atom stereocenters. The second-order valence-corrected chi connectivity index (χ2v) is 7.09. The lowest BCUT2D eigenvalue weighted by Gasteiger charge is -2.26. The molecule has 1 amide bonds. The number of nitrogens with zero attached hydrogens (tertiary/aromatic N) is 3. The number of benzene rings is 1. The molecular weight excluding hydrogens is 497 g/mol. The summed E-state index contributed by atoms with van der Waals surface area (Å²) in [4.78, 5) is 20.2. The molecule has 30 heavy (non-hydrogen) atoms. The van der Waals surface area contributed by atoms with Gasteiger partial charge >= 0.3 is 0 Å². The molecule has 1 aliphatic heterocycles. The van der Waals surface area contributed by atoms with Crippen LogP contribution in [0.15, 0.2) is 29.3 Å². The second kappa shape index (κ2) is 15.2. The fraction of sp³-hybridized carbons (Fsp3) is 0.619. The summed E-state index contributed by atoms with van der Waals surface area (Å²) in [6, 6.07) is 8.12. The van der Waals surface area contributed by atoms with Crippen molar-refractivity contribution in [1.29, 1.82) is 0 Å². The number of hydrogen-bond acceptors (Lipinski definition) is 5. The van der Waals surface area contributed by atoms with E-state index in [1.165, 1.54) is 5.56 Å². The molecule has 1 saturated heterocycles. The van der Waals surface area contributed by atoms with E-state index in [9.17, 15) is 4.79 Å². The third kappa shape index (κ3) is 10.4. The number of halogens is 1. The van der Waals surface area contributed by atoms with E-state index in [-0.39, 0.29) is 36.4 Å². The first-order chi connectivity index (χ1) is 14.1. The zero-order valence-corrected chi connectivity index (χ0v) is 20.7. The summed E-state index contributed by atoms with van der Waals surface area (Å²) in [6.45, 7) is 8.65. The van der Waals surface area contributed by atoms with E-state index in [4.69, 9.17) is 9.47 Å². The van der Waals surface area contributed by atoms with Crippen molar-refractivity contribution in [2.24, 2.45) is 4.99 Å². The number of amides is 1. The zero-order valence-electron chi connectivity index (χ0n) is 18.4. The molecular formula is C21H36IN5O3. The van der Waals surface area contributed by atoms with Crippen LogP contribution in [0.2, 0.25) is 0 Å². The molecule has 1 aromatic rings. The number of hydrogen-bond donors (Lipinski definition) is 2. The average Bonchev–Trinajstić information content (AvgIpc) is 2.72. The van der Waals surface area contributed by atoms with E-state index in [0.717, 1.165) is 58.1 Å². The number of guanidine groups is 1. The largest absolute Gasteiger partial charge is 0.494 e. The van der Waals surface area contributed by atoms with Crippen LogP contribution in [0, 0.1) is 0 Å².